The minimum absolute atomic E-state index is 0.130. The van der Waals surface area contributed by atoms with Crippen LogP contribution < -0.4 is 9.47 Å². The molecule has 1 aromatic carbocycles. The number of benzene rings is 1. The SMILES string of the molecule is CCOc1ccc(CN2CCC3(CC2)CC(C)(O)CCO3)cc1OC. The van der Waals surface area contributed by atoms with Crippen LogP contribution in [0.4, 0.5) is 0 Å². The van der Waals surface area contributed by atoms with Crippen LogP contribution in [-0.2, 0) is 11.3 Å². The van der Waals surface area contributed by atoms with E-state index in [0.717, 1.165) is 56.8 Å². The predicted molar refractivity (Wildman–Crippen MR) is 97.2 cm³/mol. The Morgan fingerprint density at radius 1 is 1.20 bits per heavy atom. The second-order valence-electron chi connectivity index (χ2n) is 7.65. The second-order valence-corrected chi connectivity index (χ2v) is 7.65. The molecule has 0 amide bonds. The number of hydrogen-bond acceptors (Lipinski definition) is 5. The minimum atomic E-state index is -0.580. The van der Waals surface area contributed by atoms with E-state index in [1.54, 1.807) is 7.11 Å². The molecule has 3 rings (SSSR count). The Balaban J connectivity index is 1.59. The van der Waals surface area contributed by atoms with Gasteiger partial charge in [0.1, 0.15) is 0 Å². The fourth-order valence-corrected chi connectivity index (χ4v) is 4.10. The Hall–Kier alpha value is -1.30. The van der Waals surface area contributed by atoms with Crippen LogP contribution in [0.25, 0.3) is 0 Å². The molecule has 2 aliphatic heterocycles. The number of hydrogen-bond donors (Lipinski definition) is 1. The molecule has 0 saturated carbocycles. The Labute approximate surface area is 150 Å². The quantitative estimate of drug-likeness (QED) is 0.886. The summed E-state index contributed by atoms with van der Waals surface area (Å²) < 4.78 is 17.1. The lowest BCUT2D eigenvalue weighted by Gasteiger charge is -2.48. The summed E-state index contributed by atoms with van der Waals surface area (Å²) in [6, 6.07) is 6.17. The van der Waals surface area contributed by atoms with E-state index >= 15 is 0 Å². The van der Waals surface area contributed by atoms with Crippen molar-refractivity contribution in [1.82, 2.24) is 4.90 Å². The highest BCUT2D eigenvalue weighted by molar-refractivity contribution is 5.43. The van der Waals surface area contributed by atoms with E-state index in [-0.39, 0.29) is 5.60 Å². The number of ether oxygens (including phenoxy) is 3. The molecule has 140 valence electrons. The van der Waals surface area contributed by atoms with Gasteiger partial charge in [-0.05, 0) is 50.8 Å². The van der Waals surface area contributed by atoms with Crippen molar-refractivity contribution >= 4 is 0 Å². The first-order valence-electron chi connectivity index (χ1n) is 9.34. The van der Waals surface area contributed by atoms with Crippen LogP contribution in [-0.4, -0.2) is 54.6 Å². The predicted octanol–water partition coefficient (Wildman–Crippen LogP) is 2.99. The maximum absolute atomic E-state index is 10.4. The summed E-state index contributed by atoms with van der Waals surface area (Å²) in [4.78, 5) is 2.45. The first-order valence-corrected chi connectivity index (χ1v) is 9.34. The summed E-state index contributed by atoms with van der Waals surface area (Å²) in [5.41, 5.74) is 0.519. The third-order valence-electron chi connectivity index (χ3n) is 5.45. The van der Waals surface area contributed by atoms with Gasteiger partial charge in [-0.25, -0.2) is 0 Å². The lowest BCUT2D eigenvalue weighted by Crippen LogP contribution is -2.53. The molecule has 1 spiro atoms. The highest BCUT2D eigenvalue weighted by Crippen LogP contribution is 2.39. The van der Waals surface area contributed by atoms with Crippen molar-refractivity contribution in [2.45, 2.75) is 57.3 Å². The number of piperidine rings is 1. The van der Waals surface area contributed by atoms with Crippen LogP contribution in [0.3, 0.4) is 0 Å². The number of aliphatic hydroxyl groups is 1. The molecule has 1 N–H and O–H groups in total. The van der Waals surface area contributed by atoms with Crippen molar-refractivity contribution in [1.29, 1.82) is 0 Å². The van der Waals surface area contributed by atoms with E-state index in [0.29, 0.717) is 13.2 Å². The van der Waals surface area contributed by atoms with Crippen LogP contribution in [0, 0.1) is 0 Å². The minimum Gasteiger partial charge on any atom is -0.493 e. The molecule has 1 unspecified atom stereocenters. The molecule has 0 aliphatic carbocycles. The first-order chi connectivity index (χ1) is 12.0. The van der Waals surface area contributed by atoms with Crippen molar-refractivity contribution < 1.29 is 19.3 Å². The van der Waals surface area contributed by atoms with Crippen molar-refractivity contribution in [3.63, 3.8) is 0 Å². The molecule has 2 fully saturated rings. The van der Waals surface area contributed by atoms with Crippen LogP contribution >= 0.6 is 0 Å². The summed E-state index contributed by atoms with van der Waals surface area (Å²) in [6.45, 7) is 8.10. The maximum atomic E-state index is 10.4. The van der Waals surface area contributed by atoms with Gasteiger partial charge in [0.15, 0.2) is 11.5 Å². The molecular weight excluding hydrogens is 318 g/mol. The summed E-state index contributed by atoms with van der Waals surface area (Å²) in [7, 11) is 1.68. The second kappa shape index (κ2) is 7.52. The smallest absolute Gasteiger partial charge is 0.161 e. The molecule has 0 bridgehead atoms. The van der Waals surface area contributed by atoms with Crippen molar-refractivity contribution in [3.05, 3.63) is 23.8 Å². The molecular formula is C20H31NO4. The number of nitrogens with zero attached hydrogens (tertiary/aromatic N) is 1. The zero-order valence-corrected chi connectivity index (χ0v) is 15.7. The molecule has 5 heteroatoms. The van der Waals surface area contributed by atoms with Gasteiger partial charge in [-0.3, -0.25) is 4.90 Å². The summed E-state index contributed by atoms with van der Waals surface area (Å²) >= 11 is 0. The highest BCUT2D eigenvalue weighted by atomic mass is 16.5. The molecule has 1 atom stereocenters. The normalized spacial score (nSPS) is 26.6. The molecule has 0 aromatic heterocycles. The molecule has 0 radical (unpaired) electrons. The maximum Gasteiger partial charge on any atom is 0.161 e. The fraction of sp³-hybridized carbons (Fsp3) is 0.700. The molecule has 2 heterocycles. The highest BCUT2D eigenvalue weighted by Gasteiger charge is 2.44. The van der Waals surface area contributed by atoms with E-state index in [4.69, 9.17) is 14.2 Å². The summed E-state index contributed by atoms with van der Waals surface area (Å²) in [6.07, 6.45) is 3.46. The third-order valence-corrected chi connectivity index (χ3v) is 5.45. The largest absolute Gasteiger partial charge is 0.493 e. The van der Waals surface area contributed by atoms with Crippen LogP contribution in [0.2, 0.25) is 0 Å². The van der Waals surface area contributed by atoms with Gasteiger partial charge in [0.25, 0.3) is 0 Å². The summed E-state index contributed by atoms with van der Waals surface area (Å²) in [5, 5.41) is 10.4. The van der Waals surface area contributed by atoms with Gasteiger partial charge < -0.3 is 19.3 Å². The van der Waals surface area contributed by atoms with Crippen LogP contribution in [0.15, 0.2) is 18.2 Å². The Bertz CT molecular complexity index is 579. The van der Waals surface area contributed by atoms with Gasteiger partial charge in [0.2, 0.25) is 0 Å². The van der Waals surface area contributed by atoms with Crippen molar-refractivity contribution in [2.24, 2.45) is 0 Å². The molecule has 2 aliphatic rings. The fourth-order valence-electron chi connectivity index (χ4n) is 4.10. The number of rotatable bonds is 5. The Morgan fingerprint density at radius 3 is 2.60 bits per heavy atom. The topological polar surface area (TPSA) is 51.2 Å². The van der Waals surface area contributed by atoms with Gasteiger partial charge in [0.05, 0.1) is 31.5 Å². The van der Waals surface area contributed by atoms with Crippen LogP contribution in [0.5, 0.6) is 11.5 Å². The van der Waals surface area contributed by atoms with Crippen molar-refractivity contribution in [2.75, 3.05) is 33.4 Å². The zero-order chi connectivity index (χ0) is 17.9. The molecule has 5 nitrogen and oxygen atoms in total. The van der Waals surface area contributed by atoms with Gasteiger partial charge in [0, 0.05) is 26.1 Å². The molecule has 25 heavy (non-hydrogen) atoms. The van der Waals surface area contributed by atoms with E-state index in [1.807, 2.05) is 19.9 Å². The van der Waals surface area contributed by atoms with Gasteiger partial charge in [-0.2, -0.15) is 0 Å². The number of likely N-dealkylation sites (tertiary alicyclic amines) is 1. The standard InChI is InChI=1S/C20H31NO4/c1-4-24-17-6-5-16(13-18(17)23-3)14-21-10-7-20(8-11-21)15-19(2,22)9-12-25-20/h5-6,13,22H,4,7-12,14-15H2,1-3H3. The average Bonchev–Trinajstić information content (AvgIpc) is 2.58. The van der Waals surface area contributed by atoms with Crippen molar-refractivity contribution in [3.8, 4) is 11.5 Å². The Kier molecular flexibility index (Phi) is 5.56. The zero-order valence-electron chi connectivity index (χ0n) is 15.7. The first kappa shape index (κ1) is 18.5. The van der Waals surface area contributed by atoms with E-state index in [1.165, 1.54) is 5.56 Å². The lowest BCUT2D eigenvalue weighted by atomic mass is 9.78. The van der Waals surface area contributed by atoms with E-state index in [9.17, 15) is 5.11 Å². The lowest BCUT2D eigenvalue weighted by molar-refractivity contribution is -0.173. The van der Waals surface area contributed by atoms with Crippen LogP contribution in [0.1, 0.15) is 45.1 Å². The monoisotopic (exact) mass is 349 g/mol. The summed E-state index contributed by atoms with van der Waals surface area (Å²) in [5.74, 6) is 1.59. The van der Waals surface area contributed by atoms with Gasteiger partial charge >= 0.3 is 0 Å². The van der Waals surface area contributed by atoms with E-state index in [2.05, 4.69) is 17.0 Å². The van der Waals surface area contributed by atoms with E-state index < -0.39 is 5.60 Å². The number of methoxy groups -OCH3 is 1. The average molecular weight is 349 g/mol. The molecule has 1 aromatic rings. The Morgan fingerprint density at radius 2 is 1.96 bits per heavy atom. The van der Waals surface area contributed by atoms with Gasteiger partial charge in [-0.15, -0.1) is 0 Å². The molecule has 2 saturated heterocycles. The third kappa shape index (κ3) is 4.46. The van der Waals surface area contributed by atoms with Gasteiger partial charge in [-0.1, -0.05) is 6.07 Å².